The maximum atomic E-state index is 10.2. The number of carboxylic acid groups (broad SMARTS) is 1. The van der Waals surface area contributed by atoms with Crippen LogP contribution in [0.5, 0.6) is 0 Å². The van der Waals surface area contributed by atoms with Crippen LogP contribution in [0.15, 0.2) is 0 Å². The Morgan fingerprint density at radius 2 is 2.25 bits per heavy atom. The van der Waals surface area contributed by atoms with E-state index >= 15 is 0 Å². The van der Waals surface area contributed by atoms with Gasteiger partial charge in [0.25, 0.3) is 0 Å². The van der Waals surface area contributed by atoms with Gasteiger partial charge in [-0.1, -0.05) is 0 Å². The zero-order chi connectivity index (χ0) is 6.20. The number of carbonyl (C=O) groups is 1. The minimum atomic E-state index is -0.898. The monoisotopic (exact) mass is 133 g/mol. The number of thioether (sulfide) groups is 1. The van der Waals surface area contributed by atoms with E-state index in [1.807, 2.05) is 0 Å². The molecule has 0 bridgehead atoms. The first-order chi connectivity index (χ1) is 3.65. The quantitative estimate of drug-likeness (QED) is 0.507. The molecule has 0 spiro atoms. The molecule has 0 amide bonds. The van der Waals surface area contributed by atoms with Crippen molar-refractivity contribution in [2.75, 3.05) is 11.5 Å². The molecule has 4 heteroatoms. The summed E-state index contributed by atoms with van der Waals surface area (Å²) in [6.45, 7) is 0. The third kappa shape index (κ3) is 0.695. The summed E-state index contributed by atoms with van der Waals surface area (Å²) in [7, 11) is 0. The fourth-order valence-corrected chi connectivity index (χ4v) is 1.34. The van der Waals surface area contributed by atoms with Gasteiger partial charge >= 0.3 is 5.97 Å². The van der Waals surface area contributed by atoms with Crippen molar-refractivity contribution in [3.8, 4) is 0 Å². The summed E-state index contributed by atoms with van der Waals surface area (Å²) in [5, 5.41) is 8.35. The lowest BCUT2D eigenvalue weighted by Gasteiger charge is -2.32. The molecule has 8 heavy (non-hydrogen) atoms. The number of rotatable bonds is 1. The summed E-state index contributed by atoms with van der Waals surface area (Å²) in [4.78, 5) is 10.2. The number of nitrogens with two attached hydrogens (primary N) is 1. The van der Waals surface area contributed by atoms with Crippen molar-refractivity contribution in [2.24, 2.45) is 5.73 Å². The van der Waals surface area contributed by atoms with Crippen LogP contribution >= 0.6 is 11.8 Å². The van der Waals surface area contributed by atoms with Crippen molar-refractivity contribution in [3.63, 3.8) is 0 Å². The average Bonchev–Trinajstić information content (AvgIpc) is 1.60. The van der Waals surface area contributed by atoms with Crippen molar-refractivity contribution < 1.29 is 9.90 Å². The summed E-state index contributed by atoms with van der Waals surface area (Å²) in [6, 6.07) is 0. The van der Waals surface area contributed by atoms with Gasteiger partial charge in [0, 0.05) is 11.5 Å². The van der Waals surface area contributed by atoms with Gasteiger partial charge in [0.1, 0.15) is 5.54 Å². The second-order valence-corrected chi connectivity index (χ2v) is 2.94. The van der Waals surface area contributed by atoms with Crippen molar-refractivity contribution >= 4 is 17.7 Å². The summed E-state index contributed by atoms with van der Waals surface area (Å²) in [5.41, 5.74) is 4.43. The van der Waals surface area contributed by atoms with E-state index < -0.39 is 11.5 Å². The minimum Gasteiger partial charge on any atom is -0.480 e. The summed E-state index contributed by atoms with van der Waals surface area (Å²) >= 11 is 1.57. The van der Waals surface area contributed by atoms with E-state index in [1.54, 1.807) is 11.8 Å². The highest BCUT2D eigenvalue weighted by Gasteiger charge is 2.40. The highest BCUT2D eigenvalue weighted by atomic mass is 32.2. The molecule has 0 atom stereocenters. The molecule has 0 aromatic carbocycles. The third-order valence-electron chi connectivity index (χ3n) is 1.15. The molecular weight excluding hydrogens is 126 g/mol. The molecule has 1 rings (SSSR count). The van der Waals surface area contributed by atoms with Gasteiger partial charge in [0.15, 0.2) is 0 Å². The fourth-order valence-electron chi connectivity index (χ4n) is 0.445. The van der Waals surface area contributed by atoms with Crippen molar-refractivity contribution in [1.29, 1.82) is 0 Å². The largest absolute Gasteiger partial charge is 0.480 e. The van der Waals surface area contributed by atoms with E-state index in [0.29, 0.717) is 11.5 Å². The van der Waals surface area contributed by atoms with E-state index in [0.717, 1.165) is 0 Å². The van der Waals surface area contributed by atoms with E-state index in [2.05, 4.69) is 0 Å². The molecule has 0 unspecified atom stereocenters. The summed E-state index contributed by atoms with van der Waals surface area (Å²) in [6.07, 6.45) is 0. The van der Waals surface area contributed by atoms with Gasteiger partial charge in [-0.15, -0.1) is 0 Å². The second-order valence-electron chi connectivity index (χ2n) is 1.95. The van der Waals surface area contributed by atoms with Crippen LogP contribution < -0.4 is 5.73 Å². The Kier molecular flexibility index (Phi) is 1.21. The van der Waals surface area contributed by atoms with Crippen LogP contribution in [-0.4, -0.2) is 28.1 Å². The third-order valence-corrected chi connectivity index (χ3v) is 2.58. The SMILES string of the molecule is NC1(C(=O)O)CSC1. The first-order valence-electron chi connectivity index (χ1n) is 2.25. The molecule has 46 valence electrons. The molecule has 1 aliphatic heterocycles. The molecule has 1 fully saturated rings. The highest BCUT2D eigenvalue weighted by molar-refractivity contribution is 8.01. The van der Waals surface area contributed by atoms with Gasteiger partial charge in [-0.2, -0.15) is 11.8 Å². The van der Waals surface area contributed by atoms with Crippen LogP contribution in [0.25, 0.3) is 0 Å². The number of carboxylic acids is 1. The van der Waals surface area contributed by atoms with E-state index in [1.165, 1.54) is 0 Å². The number of aliphatic carboxylic acids is 1. The summed E-state index contributed by atoms with van der Waals surface area (Å²) < 4.78 is 0. The van der Waals surface area contributed by atoms with Crippen LogP contribution in [0, 0.1) is 0 Å². The molecule has 0 radical (unpaired) electrons. The lowest BCUT2D eigenvalue weighted by atomic mass is 10.1. The maximum Gasteiger partial charge on any atom is 0.325 e. The van der Waals surface area contributed by atoms with Crippen LogP contribution in [0.2, 0.25) is 0 Å². The topological polar surface area (TPSA) is 63.3 Å². The van der Waals surface area contributed by atoms with Gasteiger partial charge in [-0.3, -0.25) is 4.79 Å². The molecule has 0 aromatic heterocycles. The molecule has 1 saturated heterocycles. The van der Waals surface area contributed by atoms with Gasteiger partial charge < -0.3 is 10.8 Å². The first-order valence-corrected chi connectivity index (χ1v) is 3.41. The molecule has 3 N–H and O–H groups in total. The average molecular weight is 133 g/mol. The van der Waals surface area contributed by atoms with E-state index in [-0.39, 0.29) is 0 Å². The predicted molar refractivity (Wildman–Crippen MR) is 31.9 cm³/mol. The molecule has 1 aliphatic rings. The van der Waals surface area contributed by atoms with Crippen LogP contribution in [0.1, 0.15) is 0 Å². The Balaban J connectivity index is 2.53. The van der Waals surface area contributed by atoms with Crippen LogP contribution in [-0.2, 0) is 4.79 Å². The molecule has 0 aromatic rings. The normalized spacial score (nSPS) is 24.1. The van der Waals surface area contributed by atoms with Crippen molar-refractivity contribution in [3.05, 3.63) is 0 Å². The summed E-state index contributed by atoms with van der Waals surface area (Å²) in [5.74, 6) is 0.237. The minimum absolute atomic E-state index is 0.558. The fraction of sp³-hybridized carbons (Fsp3) is 0.750. The van der Waals surface area contributed by atoms with Crippen molar-refractivity contribution in [2.45, 2.75) is 5.54 Å². The van der Waals surface area contributed by atoms with E-state index in [4.69, 9.17) is 10.8 Å². The Hall–Kier alpha value is -0.220. The smallest absolute Gasteiger partial charge is 0.325 e. The van der Waals surface area contributed by atoms with Crippen LogP contribution in [0.4, 0.5) is 0 Å². The zero-order valence-corrected chi connectivity index (χ0v) is 5.07. The molecular formula is C4H7NO2S. The Bertz CT molecular complexity index is 121. The van der Waals surface area contributed by atoms with Crippen LogP contribution in [0.3, 0.4) is 0 Å². The molecule has 0 aliphatic carbocycles. The predicted octanol–water partition coefficient (Wildman–Crippen LogP) is -0.485. The number of hydrogen-bond acceptors (Lipinski definition) is 3. The van der Waals surface area contributed by atoms with E-state index in [9.17, 15) is 4.79 Å². The Labute approximate surface area is 51.2 Å². The highest BCUT2D eigenvalue weighted by Crippen LogP contribution is 2.26. The second kappa shape index (κ2) is 1.63. The molecule has 1 heterocycles. The lowest BCUT2D eigenvalue weighted by Crippen LogP contribution is -2.58. The Morgan fingerprint density at radius 1 is 1.75 bits per heavy atom. The Morgan fingerprint density at radius 3 is 2.25 bits per heavy atom. The standard InChI is InChI=1S/C4H7NO2S/c5-4(3(6)7)1-8-2-4/h1-2,5H2,(H,6,7). The van der Waals surface area contributed by atoms with Gasteiger partial charge in [0.2, 0.25) is 0 Å². The zero-order valence-electron chi connectivity index (χ0n) is 4.26. The van der Waals surface area contributed by atoms with Gasteiger partial charge in [0.05, 0.1) is 0 Å². The molecule has 3 nitrogen and oxygen atoms in total. The van der Waals surface area contributed by atoms with Gasteiger partial charge in [-0.05, 0) is 0 Å². The van der Waals surface area contributed by atoms with Crippen molar-refractivity contribution in [1.82, 2.24) is 0 Å². The first kappa shape index (κ1) is 5.91. The molecule has 0 saturated carbocycles. The maximum absolute atomic E-state index is 10.2. The lowest BCUT2D eigenvalue weighted by molar-refractivity contribution is -0.141. The number of hydrogen-bond donors (Lipinski definition) is 2. The van der Waals surface area contributed by atoms with Gasteiger partial charge in [-0.25, -0.2) is 0 Å².